The molecule has 0 radical (unpaired) electrons. The lowest BCUT2D eigenvalue weighted by molar-refractivity contribution is 0.546. The summed E-state index contributed by atoms with van der Waals surface area (Å²) in [5.74, 6) is -0.158. The van der Waals surface area contributed by atoms with Gasteiger partial charge in [0.05, 0.1) is 11.2 Å². The third-order valence-electron chi connectivity index (χ3n) is 2.73. The molecule has 3 heteroatoms. The number of fused-ring (bicyclic) bond motifs is 1. The summed E-state index contributed by atoms with van der Waals surface area (Å²) >= 11 is 0. The third kappa shape index (κ3) is 1.42. The zero-order chi connectivity index (χ0) is 11.2. The van der Waals surface area contributed by atoms with Crippen LogP contribution in [0.1, 0.15) is 31.1 Å². The largest absolute Gasteiger partial charge is 0.262 e. The highest BCUT2D eigenvalue weighted by molar-refractivity contribution is 5.85. The normalized spacial score (nSPS) is 11.6. The van der Waals surface area contributed by atoms with E-state index in [2.05, 4.69) is 18.9 Å². The van der Waals surface area contributed by atoms with Crippen molar-refractivity contribution in [2.75, 3.05) is 0 Å². The van der Waals surface area contributed by atoms with Gasteiger partial charge >= 0.3 is 0 Å². The van der Waals surface area contributed by atoms with E-state index in [9.17, 15) is 4.39 Å². The molecule has 80 valence electrons. The van der Waals surface area contributed by atoms with E-state index in [4.69, 9.17) is 0 Å². The molecule has 0 N–H and O–H groups in total. The minimum absolute atomic E-state index is 0.158. The molecule has 0 saturated carbocycles. The SMILES string of the molecule is Cc1nn(C(C)C)c2ccc(F)c(C)c12. The first-order chi connectivity index (χ1) is 7.02. The average molecular weight is 206 g/mol. The van der Waals surface area contributed by atoms with Gasteiger partial charge in [0.15, 0.2) is 0 Å². The quantitative estimate of drug-likeness (QED) is 0.699. The Morgan fingerprint density at radius 2 is 1.93 bits per heavy atom. The summed E-state index contributed by atoms with van der Waals surface area (Å²) in [6, 6.07) is 3.61. The van der Waals surface area contributed by atoms with Gasteiger partial charge in [0, 0.05) is 11.4 Å². The monoisotopic (exact) mass is 206 g/mol. The van der Waals surface area contributed by atoms with Gasteiger partial charge in [-0.2, -0.15) is 5.10 Å². The van der Waals surface area contributed by atoms with Crippen LogP contribution in [0.15, 0.2) is 12.1 Å². The van der Waals surface area contributed by atoms with E-state index in [1.54, 1.807) is 13.0 Å². The van der Waals surface area contributed by atoms with Crippen LogP contribution in [0.4, 0.5) is 4.39 Å². The van der Waals surface area contributed by atoms with Crippen molar-refractivity contribution >= 4 is 10.9 Å². The fourth-order valence-corrected chi connectivity index (χ4v) is 1.98. The highest BCUT2D eigenvalue weighted by atomic mass is 19.1. The van der Waals surface area contributed by atoms with Crippen molar-refractivity contribution in [3.05, 3.63) is 29.2 Å². The molecule has 0 aliphatic carbocycles. The summed E-state index contributed by atoms with van der Waals surface area (Å²) in [5, 5.41) is 5.39. The van der Waals surface area contributed by atoms with E-state index in [1.807, 2.05) is 11.6 Å². The Hall–Kier alpha value is -1.38. The second-order valence-corrected chi connectivity index (χ2v) is 4.19. The van der Waals surface area contributed by atoms with Gasteiger partial charge in [-0.25, -0.2) is 4.39 Å². The van der Waals surface area contributed by atoms with Gasteiger partial charge in [-0.05, 0) is 45.4 Å². The Morgan fingerprint density at radius 1 is 1.27 bits per heavy atom. The Balaban J connectivity index is 2.86. The molecule has 0 aliphatic heterocycles. The van der Waals surface area contributed by atoms with Crippen LogP contribution in [0.25, 0.3) is 10.9 Å². The van der Waals surface area contributed by atoms with E-state index >= 15 is 0 Å². The summed E-state index contributed by atoms with van der Waals surface area (Å²) < 4.78 is 15.3. The van der Waals surface area contributed by atoms with Gasteiger partial charge in [-0.1, -0.05) is 0 Å². The molecule has 0 unspecified atom stereocenters. The maximum Gasteiger partial charge on any atom is 0.126 e. The number of hydrogen-bond donors (Lipinski definition) is 0. The zero-order valence-corrected chi connectivity index (χ0v) is 9.50. The number of hydrogen-bond acceptors (Lipinski definition) is 1. The molecule has 0 bridgehead atoms. The predicted octanol–water partition coefficient (Wildman–Crippen LogP) is 3.37. The zero-order valence-electron chi connectivity index (χ0n) is 9.50. The van der Waals surface area contributed by atoms with Gasteiger partial charge in [0.2, 0.25) is 0 Å². The number of aromatic nitrogens is 2. The van der Waals surface area contributed by atoms with Crippen LogP contribution >= 0.6 is 0 Å². The summed E-state index contributed by atoms with van der Waals surface area (Å²) in [6.45, 7) is 7.87. The summed E-state index contributed by atoms with van der Waals surface area (Å²) in [4.78, 5) is 0. The van der Waals surface area contributed by atoms with E-state index in [1.165, 1.54) is 6.07 Å². The minimum atomic E-state index is -0.158. The van der Waals surface area contributed by atoms with Crippen molar-refractivity contribution < 1.29 is 4.39 Å². The van der Waals surface area contributed by atoms with Crippen LogP contribution in [0, 0.1) is 19.7 Å². The van der Waals surface area contributed by atoms with Crippen molar-refractivity contribution in [3.8, 4) is 0 Å². The fourth-order valence-electron chi connectivity index (χ4n) is 1.98. The van der Waals surface area contributed by atoms with Crippen LogP contribution < -0.4 is 0 Å². The molecule has 1 aromatic carbocycles. The molecule has 0 saturated heterocycles. The lowest BCUT2D eigenvalue weighted by Gasteiger charge is -2.07. The average Bonchev–Trinajstić information content (AvgIpc) is 2.50. The molecule has 2 rings (SSSR count). The lowest BCUT2D eigenvalue weighted by atomic mass is 10.1. The van der Waals surface area contributed by atoms with Crippen molar-refractivity contribution in [2.24, 2.45) is 0 Å². The van der Waals surface area contributed by atoms with Gasteiger partial charge in [0.1, 0.15) is 5.82 Å². The number of rotatable bonds is 1. The number of aryl methyl sites for hydroxylation is 2. The molecule has 0 fully saturated rings. The second-order valence-electron chi connectivity index (χ2n) is 4.19. The smallest absolute Gasteiger partial charge is 0.126 e. The molecule has 1 heterocycles. The molecule has 0 amide bonds. The van der Waals surface area contributed by atoms with Crippen LogP contribution in [0.5, 0.6) is 0 Å². The van der Waals surface area contributed by atoms with E-state index < -0.39 is 0 Å². The van der Waals surface area contributed by atoms with E-state index in [0.717, 1.165) is 16.6 Å². The number of nitrogens with zero attached hydrogens (tertiary/aromatic N) is 2. The first-order valence-corrected chi connectivity index (χ1v) is 5.16. The van der Waals surface area contributed by atoms with Crippen LogP contribution in [0.2, 0.25) is 0 Å². The Morgan fingerprint density at radius 3 is 2.53 bits per heavy atom. The molecule has 0 atom stereocenters. The standard InChI is InChI=1S/C12H15FN2/c1-7(2)15-11-6-5-10(13)8(3)12(11)9(4)14-15/h5-7H,1-4H3. The van der Waals surface area contributed by atoms with E-state index in [-0.39, 0.29) is 5.82 Å². The molecule has 15 heavy (non-hydrogen) atoms. The highest BCUT2D eigenvalue weighted by Gasteiger charge is 2.13. The van der Waals surface area contributed by atoms with Gasteiger partial charge < -0.3 is 0 Å². The highest BCUT2D eigenvalue weighted by Crippen LogP contribution is 2.26. The third-order valence-corrected chi connectivity index (χ3v) is 2.73. The first kappa shape index (κ1) is 10.1. The summed E-state index contributed by atoms with van der Waals surface area (Å²) in [6.07, 6.45) is 0. The Kier molecular flexibility index (Phi) is 2.25. The summed E-state index contributed by atoms with van der Waals surface area (Å²) in [7, 11) is 0. The molecular weight excluding hydrogens is 191 g/mol. The Bertz CT molecular complexity index is 512. The predicted molar refractivity (Wildman–Crippen MR) is 59.6 cm³/mol. The fraction of sp³-hybridized carbons (Fsp3) is 0.417. The number of benzene rings is 1. The van der Waals surface area contributed by atoms with Crippen LogP contribution in [-0.4, -0.2) is 9.78 Å². The van der Waals surface area contributed by atoms with Crippen molar-refractivity contribution in [2.45, 2.75) is 33.7 Å². The van der Waals surface area contributed by atoms with Gasteiger partial charge in [0.25, 0.3) is 0 Å². The first-order valence-electron chi connectivity index (χ1n) is 5.16. The van der Waals surface area contributed by atoms with Crippen molar-refractivity contribution in [1.29, 1.82) is 0 Å². The molecule has 2 nitrogen and oxygen atoms in total. The van der Waals surface area contributed by atoms with Gasteiger partial charge in [-0.15, -0.1) is 0 Å². The second kappa shape index (κ2) is 3.33. The van der Waals surface area contributed by atoms with Gasteiger partial charge in [-0.3, -0.25) is 4.68 Å². The molecule has 1 aromatic heterocycles. The van der Waals surface area contributed by atoms with E-state index in [0.29, 0.717) is 11.6 Å². The molecule has 0 aliphatic rings. The molecule has 2 aromatic rings. The number of halogens is 1. The molecule has 0 spiro atoms. The Labute approximate surface area is 88.7 Å². The van der Waals surface area contributed by atoms with Crippen molar-refractivity contribution in [1.82, 2.24) is 9.78 Å². The van der Waals surface area contributed by atoms with Crippen molar-refractivity contribution in [3.63, 3.8) is 0 Å². The van der Waals surface area contributed by atoms with Crippen LogP contribution in [0.3, 0.4) is 0 Å². The minimum Gasteiger partial charge on any atom is -0.262 e. The maximum absolute atomic E-state index is 13.4. The lowest BCUT2D eigenvalue weighted by Crippen LogP contribution is -2.02. The summed E-state index contributed by atoms with van der Waals surface area (Å²) in [5.41, 5.74) is 2.61. The molecular formula is C12H15FN2. The van der Waals surface area contributed by atoms with Crippen LogP contribution in [-0.2, 0) is 0 Å². The topological polar surface area (TPSA) is 17.8 Å². The maximum atomic E-state index is 13.4.